The van der Waals surface area contributed by atoms with E-state index in [0.717, 1.165) is 12.8 Å². The molecule has 0 aromatic rings. The molecule has 1 heteroatoms. The first kappa shape index (κ1) is 8.76. The highest BCUT2D eigenvalue weighted by Crippen LogP contribution is 2.53. The molecule has 1 saturated carbocycles. The number of carbonyl (C=O) groups excluding carboxylic acids is 1. The maximum absolute atomic E-state index is 11.6. The Morgan fingerprint density at radius 1 is 1.64 bits per heavy atom. The molecular weight excluding hydrogens is 136 g/mol. The molecule has 0 amide bonds. The molecule has 0 aromatic heterocycles. The number of hydrogen-bond donors (Lipinski definition) is 0. The number of Topliss-reactive ketones (excluding diaryl/α,β-unsaturated/α-hetero) is 1. The molecular formula is C10H18O. The van der Waals surface area contributed by atoms with Crippen molar-refractivity contribution >= 4 is 5.78 Å². The van der Waals surface area contributed by atoms with Gasteiger partial charge >= 0.3 is 0 Å². The predicted molar refractivity (Wildman–Crippen MR) is 46.4 cm³/mol. The summed E-state index contributed by atoms with van der Waals surface area (Å²) in [6.07, 6.45) is 2.10. The van der Waals surface area contributed by atoms with Gasteiger partial charge in [-0.3, -0.25) is 4.79 Å². The second kappa shape index (κ2) is 2.62. The van der Waals surface area contributed by atoms with Gasteiger partial charge < -0.3 is 0 Å². The predicted octanol–water partition coefficient (Wildman–Crippen LogP) is 2.65. The molecule has 1 fully saturated rings. The highest BCUT2D eigenvalue weighted by Gasteiger charge is 2.50. The summed E-state index contributed by atoms with van der Waals surface area (Å²) in [5.74, 6) is 1.14. The average molecular weight is 154 g/mol. The van der Waals surface area contributed by atoms with Gasteiger partial charge in [0.15, 0.2) is 0 Å². The fourth-order valence-corrected chi connectivity index (χ4v) is 1.50. The van der Waals surface area contributed by atoms with Crippen LogP contribution in [0.25, 0.3) is 0 Å². The molecule has 1 aliphatic rings. The molecule has 0 aliphatic heterocycles. The SMILES string of the molecule is CCC(C)C(=O)C1CC1(C)C. The van der Waals surface area contributed by atoms with Gasteiger partial charge in [-0.25, -0.2) is 0 Å². The monoisotopic (exact) mass is 154 g/mol. The van der Waals surface area contributed by atoms with Gasteiger partial charge in [0, 0.05) is 11.8 Å². The summed E-state index contributed by atoms with van der Waals surface area (Å²) in [6, 6.07) is 0. The highest BCUT2D eigenvalue weighted by molar-refractivity contribution is 5.86. The fraction of sp³-hybridized carbons (Fsp3) is 0.900. The Morgan fingerprint density at radius 2 is 2.09 bits per heavy atom. The second-order valence-electron chi connectivity index (χ2n) is 4.46. The topological polar surface area (TPSA) is 17.1 Å². The third-order valence-electron chi connectivity index (χ3n) is 2.95. The minimum absolute atomic E-state index is 0.279. The zero-order chi connectivity index (χ0) is 8.65. The third-order valence-corrected chi connectivity index (χ3v) is 2.95. The molecule has 0 heterocycles. The van der Waals surface area contributed by atoms with Crippen LogP contribution >= 0.6 is 0 Å². The third kappa shape index (κ3) is 1.63. The lowest BCUT2D eigenvalue weighted by molar-refractivity contribution is -0.124. The molecule has 64 valence electrons. The number of hydrogen-bond acceptors (Lipinski definition) is 1. The van der Waals surface area contributed by atoms with Crippen molar-refractivity contribution in [3.05, 3.63) is 0 Å². The Kier molecular flexibility index (Phi) is 2.08. The smallest absolute Gasteiger partial charge is 0.139 e. The van der Waals surface area contributed by atoms with E-state index in [-0.39, 0.29) is 5.92 Å². The molecule has 11 heavy (non-hydrogen) atoms. The Labute approximate surface area is 69.2 Å². The second-order valence-corrected chi connectivity index (χ2v) is 4.46. The molecule has 0 aromatic carbocycles. The quantitative estimate of drug-likeness (QED) is 0.610. The van der Waals surface area contributed by atoms with Crippen LogP contribution in [0.2, 0.25) is 0 Å². The van der Waals surface area contributed by atoms with Crippen LogP contribution in [0.15, 0.2) is 0 Å². The summed E-state index contributed by atoms with van der Waals surface area (Å²) in [7, 11) is 0. The maximum Gasteiger partial charge on any atom is 0.139 e. The minimum atomic E-state index is 0.279. The standard InChI is InChI=1S/C10H18O/c1-5-7(2)9(11)8-6-10(8,3)4/h7-8H,5-6H2,1-4H3. The van der Waals surface area contributed by atoms with Crippen LogP contribution in [0.3, 0.4) is 0 Å². The molecule has 0 bridgehead atoms. The van der Waals surface area contributed by atoms with Crippen molar-refractivity contribution in [1.82, 2.24) is 0 Å². The van der Waals surface area contributed by atoms with E-state index in [9.17, 15) is 4.79 Å². The lowest BCUT2D eigenvalue weighted by Crippen LogP contribution is -2.14. The molecule has 1 aliphatic carbocycles. The molecule has 0 saturated heterocycles. The normalized spacial score (nSPS) is 29.6. The lowest BCUT2D eigenvalue weighted by atomic mass is 9.96. The van der Waals surface area contributed by atoms with Crippen molar-refractivity contribution < 1.29 is 4.79 Å². The van der Waals surface area contributed by atoms with Crippen molar-refractivity contribution in [3.8, 4) is 0 Å². The van der Waals surface area contributed by atoms with E-state index < -0.39 is 0 Å². The van der Waals surface area contributed by atoms with E-state index in [0.29, 0.717) is 17.1 Å². The number of rotatable bonds is 3. The molecule has 0 radical (unpaired) electrons. The van der Waals surface area contributed by atoms with Gasteiger partial charge in [-0.15, -0.1) is 0 Å². The summed E-state index contributed by atoms with van der Waals surface area (Å²) in [6.45, 7) is 8.48. The summed E-state index contributed by atoms with van der Waals surface area (Å²) in [5.41, 5.74) is 0.320. The van der Waals surface area contributed by atoms with Crippen LogP contribution in [0.1, 0.15) is 40.5 Å². The first-order valence-electron chi connectivity index (χ1n) is 4.52. The maximum atomic E-state index is 11.6. The Bertz CT molecular complexity index is 170. The molecule has 1 nitrogen and oxygen atoms in total. The summed E-state index contributed by atoms with van der Waals surface area (Å²) in [4.78, 5) is 11.6. The van der Waals surface area contributed by atoms with Crippen LogP contribution in [-0.4, -0.2) is 5.78 Å². The highest BCUT2D eigenvalue weighted by atomic mass is 16.1. The van der Waals surface area contributed by atoms with Crippen LogP contribution in [0, 0.1) is 17.3 Å². The average Bonchev–Trinajstić information content (AvgIpc) is 2.56. The van der Waals surface area contributed by atoms with Gasteiger partial charge in [0.1, 0.15) is 5.78 Å². The van der Waals surface area contributed by atoms with Crippen LogP contribution < -0.4 is 0 Å². The summed E-state index contributed by atoms with van der Waals surface area (Å²) < 4.78 is 0. The van der Waals surface area contributed by atoms with E-state index in [2.05, 4.69) is 20.8 Å². The van der Waals surface area contributed by atoms with Gasteiger partial charge in [0.2, 0.25) is 0 Å². The van der Waals surface area contributed by atoms with Crippen LogP contribution in [0.5, 0.6) is 0 Å². The Morgan fingerprint density at radius 3 is 2.36 bits per heavy atom. The van der Waals surface area contributed by atoms with Crippen molar-refractivity contribution in [3.63, 3.8) is 0 Å². The molecule has 2 atom stereocenters. The molecule has 1 rings (SSSR count). The van der Waals surface area contributed by atoms with Gasteiger partial charge in [-0.1, -0.05) is 27.7 Å². The molecule has 2 unspecified atom stereocenters. The van der Waals surface area contributed by atoms with Crippen molar-refractivity contribution in [2.24, 2.45) is 17.3 Å². The largest absolute Gasteiger partial charge is 0.299 e. The first-order chi connectivity index (χ1) is 4.99. The van der Waals surface area contributed by atoms with Gasteiger partial charge in [0.25, 0.3) is 0 Å². The zero-order valence-corrected chi connectivity index (χ0v) is 7.98. The van der Waals surface area contributed by atoms with E-state index in [1.807, 2.05) is 6.92 Å². The summed E-state index contributed by atoms with van der Waals surface area (Å²) in [5, 5.41) is 0. The minimum Gasteiger partial charge on any atom is -0.299 e. The van der Waals surface area contributed by atoms with E-state index in [1.165, 1.54) is 0 Å². The van der Waals surface area contributed by atoms with Crippen LogP contribution in [-0.2, 0) is 4.79 Å². The van der Waals surface area contributed by atoms with Gasteiger partial charge in [-0.2, -0.15) is 0 Å². The molecule has 0 spiro atoms. The van der Waals surface area contributed by atoms with Crippen molar-refractivity contribution in [2.75, 3.05) is 0 Å². The summed E-state index contributed by atoms with van der Waals surface area (Å²) >= 11 is 0. The first-order valence-corrected chi connectivity index (χ1v) is 4.52. The zero-order valence-electron chi connectivity index (χ0n) is 7.98. The Hall–Kier alpha value is -0.330. The van der Waals surface area contributed by atoms with Crippen LogP contribution in [0.4, 0.5) is 0 Å². The van der Waals surface area contributed by atoms with Crippen molar-refractivity contribution in [2.45, 2.75) is 40.5 Å². The lowest BCUT2D eigenvalue weighted by Gasteiger charge is -2.07. The van der Waals surface area contributed by atoms with E-state index in [1.54, 1.807) is 0 Å². The van der Waals surface area contributed by atoms with Gasteiger partial charge in [-0.05, 0) is 18.3 Å². The van der Waals surface area contributed by atoms with Crippen molar-refractivity contribution in [1.29, 1.82) is 0 Å². The number of ketones is 1. The Balaban J connectivity index is 2.46. The molecule has 0 N–H and O–H groups in total. The number of carbonyl (C=O) groups is 1. The fourth-order valence-electron chi connectivity index (χ4n) is 1.50. The van der Waals surface area contributed by atoms with Gasteiger partial charge in [0.05, 0.1) is 0 Å². The van der Waals surface area contributed by atoms with E-state index in [4.69, 9.17) is 0 Å². The van der Waals surface area contributed by atoms with E-state index >= 15 is 0 Å².